The van der Waals surface area contributed by atoms with Gasteiger partial charge >= 0.3 is 6.03 Å². The molecule has 252 valence electrons. The predicted octanol–water partition coefficient (Wildman–Crippen LogP) is 1.33. The number of amides is 4. The monoisotopic (exact) mass is 652 g/mol. The zero-order valence-electron chi connectivity index (χ0n) is 26.6. The van der Waals surface area contributed by atoms with E-state index in [1.807, 2.05) is 11.8 Å². The van der Waals surface area contributed by atoms with Crippen LogP contribution in [-0.2, 0) is 9.59 Å². The summed E-state index contributed by atoms with van der Waals surface area (Å²) < 4.78 is 32.4. The molecule has 4 amide bonds. The Morgan fingerprint density at radius 2 is 1.89 bits per heavy atom. The molecule has 11 nitrogen and oxygen atoms in total. The Hall–Kier alpha value is -2.00. The van der Waals surface area contributed by atoms with E-state index in [2.05, 4.69) is 51.9 Å². The summed E-state index contributed by atoms with van der Waals surface area (Å²) in [7, 11) is 0. The summed E-state index contributed by atoms with van der Waals surface area (Å²) in [6.45, 7) is 12.0. The lowest BCUT2D eigenvalue weighted by Crippen LogP contribution is -2.81. The van der Waals surface area contributed by atoms with Crippen LogP contribution in [0.3, 0.4) is 0 Å². The van der Waals surface area contributed by atoms with Gasteiger partial charge in [-0.15, -0.1) is 11.8 Å². The fourth-order valence-corrected chi connectivity index (χ4v) is 10.1. The molecule has 0 aromatic heterocycles. The van der Waals surface area contributed by atoms with Crippen molar-refractivity contribution in [3.05, 3.63) is 12.7 Å². The normalized spacial score (nSPS) is 43.1. The number of piperidine rings is 1. The van der Waals surface area contributed by atoms with Gasteiger partial charge in [-0.1, -0.05) is 20.4 Å². The van der Waals surface area contributed by atoms with Gasteiger partial charge in [0.15, 0.2) is 0 Å². The number of hydrogen-bond acceptors (Lipinski definition) is 8. The zero-order chi connectivity index (χ0) is 32.0. The first-order valence-electron chi connectivity index (χ1n) is 16.8. The van der Waals surface area contributed by atoms with Gasteiger partial charge in [-0.25, -0.2) is 13.6 Å². The smallest absolute Gasteiger partial charge is 0.320 e. The van der Waals surface area contributed by atoms with Crippen molar-refractivity contribution in [1.82, 2.24) is 41.3 Å². The summed E-state index contributed by atoms with van der Waals surface area (Å²) in [5.74, 6) is -0.606. The number of hydrogen-bond donors (Lipinski definition) is 5. The second kappa shape index (κ2) is 13.6. The maximum Gasteiger partial charge on any atom is 0.320 e. The highest BCUT2D eigenvalue weighted by Gasteiger charge is 2.57. The molecule has 5 heterocycles. The number of fused-ring (bicyclic) bond motifs is 5. The highest BCUT2D eigenvalue weighted by molar-refractivity contribution is 7.99. The Morgan fingerprint density at radius 3 is 2.62 bits per heavy atom. The topological polar surface area (TPSA) is 121 Å². The molecule has 0 spiro atoms. The van der Waals surface area contributed by atoms with Crippen molar-refractivity contribution in [2.24, 2.45) is 17.8 Å². The summed E-state index contributed by atoms with van der Waals surface area (Å²) in [6.07, 6.45) is -0.347. The van der Waals surface area contributed by atoms with Crippen LogP contribution in [0, 0.1) is 17.8 Å². The Bertz CT molecular complexity index is 1140. The highest BCUT2D eigenvalue weighted by atomic mass is 32.2. The summed E-state index contributed by atoms with van der Waals surface area (Å²) in [4.78, 5) is 45.7. The number of piperazine rings is 1. The molecule has 14 heteroatoms. The van der Waals surface area contributed by atoms with E-state index in [-0.39, 0.29) is 66.0 Å². The van der Waals surface area contributed by atoms with Gasteiger partial charge in [-0.2, -0.15) is 0 Å². The lowest BCUT2D eigenvalue weighted by molar-refractivity contribution is -0.132. The summed E-state index contributed by atoms with van der Waals surface area (Å²) in [5, 5.41) is 16.9. The Balaban J connectivity index is 1.39. The second-order valence-electron chi connectivity index (χ2n) is 14.0. The standard InChI is InChI=1S/C31H50F2N8O3S/c1-5-23(43)39-10-11-40(17(4)14-39)28-18-13-20(33)26-24-19(32)7-6-8-21(24)36-22(42)9-12-45-30-27(25(16(2)3)34-15-35-30)41(29(18)37-26)31(44)38-28/h5,16-21,24-30,34-35,37H,1,6-15H2,2-4H3,(H,36,42)(H,38,44)/t17-,18?,19?,20?,21?,24?,25?,26?,27?,28?,29?,30?/m0/s1. The van der Waals surface area contributed by atoms with E-state index < -0.39 is 42.7 Å². The van der Waals surface area contributed by atoms with Crippen molar-refractivity contribution >= 4 is 29.6 Å². The number of rotatable bonds is 3. The molecule has 0 aromatic carbocycles. The molecule has 6 rings (SSSR count). The van der Waals surface area contributed by atoms with Crippen molar-refractivity contribution in [1.29, 1.82) is 0 Å². The number of nitrogens with one attached hydrogen (secondary N) is 5. The van der Waals surface area contributed by atoms with Crippen LogP contribution in [0.15, 0.2) is 12.7 Å². The van der Waals surface area contributed by atoms with Crippen LogP contribution in [0.2, 0.25) is 0 Å². The van der Waals surface area contributed by atoms with Gasteiger partial charge in [0.2, 0.25) is 11.8 Å². The molecular weight excluding hydrogens is 602 g/mol. The molecule has 5 saturated heterocycles. The fourth-order valence-electron chi connectivity index (χ4n) is 8.88. The van der Waals surface area contributed by atoms with Crippen molar-refractivity contribution in [2.45, 2.75) is 113 Å². The molecule has 2 bridgehead atoms. The number of thioether (sulfide) groups is 1. The first-order chi connectivity index (χ1) is 21.6. The average molecular weight is 653 g/mol. The third-order valence-electron chi connectivity index (χ3n) is 11.0. The van der Waals surface area contributed by atoms with E-state index >= 15 is 8.78 Å². The highest BCUT2D eigenvalue weighted by Crippen LogP contribution is 2.42. The van der Waals surface area contributed by atoms with E-state index in [9.17, 15) is 14.4 Å². The number of halogens is 2. The number of carbonyl (C=O) groups is 3. The predicted molar refractivity (Wildman–Crippen MR) is 169 cm³/mol. The van der Waals surface area contributed by atoms with Crippen LogP contribution in [0.5, 0.6) is 0 Å². The van der Waals surface area contributed by atoms with Gasteiger partial charge in [0.1, 0.15) is 12.3 Å². The lowest BCUT2D eigenvalue weighted by atomic mass is 9.72. The van der Waals surface area contributed by atoms with E-state index in [4.69, 9.17) is 0 Å². The maximum atomic E-state index is 16.6. The lowest BCUT2D eigenvalue weighted by Gasteiger charge is -2.60. The molecule has 0 radical (unpaired) electrons. The molecular formula is C31H50F2N8O3S. The summed E-state index contributed by atoms with van der Waals surface area (Å²) in [6, 6.07) is -2.01. The van der Waals surface area contributed by atoms with Crippen LogP contribution in [0.4, 0.5) is 13.6 Å². The molecule has 12 atom stereocenters. The first kappa shape index (κ1) is 32.9. The molecule has 45 heavy (non-hydrogen) atoms. The SMILES string of the molecule is C=CC(=O)N1CCN(C2NC(=O)N3C4NC(C(F)CC42)C2C(F)CCCC2NC(=O)CCSC2NCNC(C(C)C)C23)[C@@H](C)C1. The van der Waals surface area contributed by atoms with E-state index in [1.165, 1.54) is 6.08 Å². The van der Waals surface area contributed by atoms with E-state index in [1.54, 1.807) is 16.7 Å². The van der Waals surface area contributed by atoms with Gasteiger partial charge in [0.05, 0.1) is 23.7 Å². The Labute approximate surface area is 269 Å². The van der Waals surface area contributed by atoms with Gasteiger partial charge in [-0.05, 0) is 44.6 Å². The average Bonchev–Trinajstić information content (AvgIpc) is 3.01. The zero-order valence-corrected chi connectivity index (χ0v) is 27.4. The van der Waals surface area contributed by atoms with E-state index in [0.717, 1.165) is 0 Å². The Kier molecular flexibility index (Phi) is 9.96. The first-order valence-corrected chi connectivity index (χ1v) is 17.8. The molecule has 6 aliphatic rings. The van der Waals surface area contributed by atoms with E-state index in [0.29, 0.717) is 51.3 Å². The quantitative estimate of drug-likeness (QED) is 0.290. The second-order valence-corrected chi connectivity index (χ2v) is 15.3. The van der Waals surface area contributed by atoms with Crippen LogP contribution < -0.4 is 26.6 Å². The minimum atomic E-state index is -1.37. The molecule has 6 fully saturated rings. The minimum Gasteiger partial charge on any atom is -0.353 e. The number of urea groups is 1. The number of nitrogens with zero attached hydrogens (tertiary/aromatic N) is 3. The molecule has 11 unspecified atom stereocenters. The van der Waals surface area contributed by atoms with Gasteiger partial charge in [-0.3, -0.25) is 30.4 Å². The molecule has 0 aromatic rings. The summed E-state index contributed by atoms with van der Waals surface area (Å²) >= 11 is 1.63. The van der Waals surface area contributed by atoms with Crippen molar-refractivity contribution in [3.8, 4) is 0 Å². The van der Waals surface area contributed by atoms with Crippen molar-refractivity contribution in [3.63, 3.8) is 0 Å². The van der Waals surface area contributed by atoms with Crippen LogP contribution >= 0.6 is 11.8 Å². The van der Waals surface area contributed by atoms with Crippen LogP contribution in [0.25, 0.3) is 0 Å². The van der Waals surface area contributed by atoms with Crippen LogP contribution in [-0.4, -0.2) is 125 Å². The van der Waals surface area contributed by atoms with Crippen molar-refractivity contribution in [2.75, 3.05) is 32.1 Å². The maximum absolute atomic E-state index is 16.6. The number of alkyl halides is 2. The van der Waals surface area contributed by atoms with Crippen molar-refractivity contribution < 1.29 is 23.2 Å². The molecule has 1 saturated carbocycles. The third-order valence-corrected chi connectivity index (χ3v) is 12.3. The molecule has 5 N–H and O–H groups in total. The molecule has 1 aliphatic carbocycles. The minimum absolute atomic E-state index is 0.0576. The third kappa shape index (κ3) is 6.33. The van der Waals surface area contributed by atoms with Gasteiger partial charge in [0, 0.05) is 74.5 Å². The van der Waals surface area contributed by atoms with Gasteiger partial charge < -0.3 is 20.4 Å². The molecule has 5 aliphatic heterocycles. The van der Waals surface area contributed by atoms with Crippen LogP contribution in [0.1, 0.15) is 52.9 Å². The van der Waals surface area contributed by atoms with Gasteiger partial charge in [0.25, 0.3) is 0 Å². The Morgan fingerprint density at radius 1 is 1.09 bits per heavy atom. The summed E-state index contributed by atoms with van der Waals surface area (Å²) in [5.41, 5.74) is 0. The fraction of sp³-hybridized carbons (Fsp3) is 0.839. The number of carbonyl (C=O) groups excluding carboxylic acids is 3. The largest absolute Gasteiger partial charge is 0.353 e.